The summed E-state index contributed by atoms with van der Waals surface area (Å²) in [4.78, 5) is 17.9. The SMILES string of the molecule is COc1cccc(-c2nn(Cc3ccccc3)cc2C(=O)N2CCN(Cc3ccco3)CC2)c1. The van der Waals surface area contributed by atoms with E-state index >= 15 is 0 Å². The van der Waals surface area contributed by atoms with Gasteiger partial charge in [-0.2, -0.15) is 5.10 Å². The molecule has 0 bridgehead atoms. The van der Waals surface area contributed by atoms with E-state index in [4.69, 9.17) is 14.3 Å². The largest absolute Gasteiger partial charge is 0.497 e. The third kappa shape index (κ3) is 4.89. The minimum atomic E-state index is 0.00906. The van der Waals surface area contributed by atoms with Crippen LogP contribution >= 0.6 is 0 Å². The smallest absolute Gasteiger partial charge is 0.257 e. The Morgan fingerprint density at radius 1 is 0.971 bits per heavy atom. The van der Waals surface area contributed by atoms with Gasteiger partial charge in [0.05, 0.1) is 32.0 Å². The van der Waals surface area contributed by atoms with Gasteiger partial charge in [0, 0.05) is 37.9 Å². The molecule has 0 aliphatic carbocycles. The Bertz CT molecular complexity index is 1230. The lowest BCUT2D eigenvalue weighted by atomic mass is 10.1. The molecule has 174 valence electrons. The van der Waals surface area contributed by atoms with Crippen molar-refractivity contribution in [2.45, 2.75) is 13.1 Å². The van der Waals surface area contributed by atoms with Gasteiger partial charge in [-0.1, -0.05) is 42.5 Å². The zero-order valence-corrected chi connectivity index (χ0v) is 19.3. The Labute approximate surface area is 199 Å². The van der Waals surface area contributed by atoms with E-state index in [2.05, 4.69) is 17.0 Å². The Morgan fingerprint density at radius 2 is 1.79 bits per heavy atom. The van der Waals surface area contributed by atoms with Crippen LogP contribution in [0.15, 0.2) is 83.6 Å². The summed E-state index contributed by atoms with van der Waals surface area (Å²) in [6.45, 7) is 4.31. The maximum atomic E-state index is 13.6. The van der Waals surface area contributed by atoms with E-state index in [1.165, 1.54) is 0 Å². The average Bonchev–Trinajstić information content (AvgIpc) is 3.55. The van der Waals surface area contributed by atoms with Crippen molar-refractivity contribution < 1.29 is 13.9 Å². The third-order valence-electron chi connectivity index (χ3n) is 6.14. The van der Waals surface area contributed by atoms with Gasteiger partial charge in [0.15, 0.2) is 0 Å². The predicted molar refractivity (Wildman–Crippen MR) is 130 cm³/mol. The number of nitrogens with zero attached hydrogens (tertiary/aromatic N) is 4. The molecular weight excluding hydrogens is 428 g/mol. The van der Waals surface area contributed by atoms with Crippen molar-refractivity contribution in [1.29, 1.82) is 0 Å². The lowest BCUT2D eigenvalue weighted by molar-refractivity contribution is 0.0621. The number of hydrogen-bond acceptors (Lipinski definition) is 5. The lowest BCUT2D eigenvalue weighted by Crippen LogP contribution is -2.48. The molecule has 1 amide bonds. The van der Waals surface area contributed by atoms with Gasteiger partial charge in [-0.3, -0.25) is 14.4 Å². The Balaban J connectivity index is 1.38. The van der Waals surface area contributed by atoms with Gasteiger partial charge in [-0.25, -0.2) is 0 Å². The van der Waals surface area contributed by atoms with Gasteiger partial charge >= 0.3 is 0 Å². The van der Waals surface area contributed by atoms with E-state index in [9.17, 15) is 4.79 Å². The molecule has 7 heteroatoms. The normalized spacial score (nSPS) is 14.3. The maximum Gasteiger partial charge on any atom is 0.257 e. The van der Waals surface area contributed by atoms with Crippen LogP contribution in [-0.2, 0) is 13.1 Å². The Kier molecular flexibility index (Phi) is 6.44. The number of rotatable bonds is 7. The summed E-state index contributed by atoms with van der Waals surface area (Å²) in [5, 5.41) is 4.82. The van der Waals surface area contributed by atoms with Crippen molar-refractivity contribution in [2.75, 3.05) is 33.3 Å². The molecule has 0 radical (unpaired) electrons. The van der Waals surface area contributed by atoms with E-state index in [1.807, 2.05) is 70.4 Å². The second kappa shape index (κ2) is 9.97. The number of benzene rings is 2. The van der Waals surface area contributed by atoms with Crippen LogP contribution in [0.2, 0.25) is 0 Å². The summed E-state index contributed by atoms with van der Waals surface area (Å²) in [6.07, 6.45) is 3.57. The van der Waals surface area contributed by atoms with Crippen LogP contribution in [0, 0.1) is 0 Å². The number of aromatic nitrogens is 2. The molecule has 0 unspecified atom stereocenters. The zero-order valence-electron chi connectivity index (χ0n) is 19.3. The van der Waals surface area contributed by atoms with Crippen LogP contribution in [0.25, 0.3) is 11.3 Å². The molecule has 34 heavy (non-hydrogen) atoms. The highest BCUT2D eigenvalue weighted by Gasteiger charge is 2.27. The van der Waals surface area contributed by atoms with Crippen LogP contribution < -0.4 is 4.74 Å². The van der Waals surface area contributed by atoms with Crippen LogP contribution in [0.1, 0.15) is 21.7 Å². The van der Waals surface area contributed by atoms with Crippen LogP contribution in [0.3, 0.4) is 0 Å². The molecule has 1 aliphatic heterocycles. The Morgan fingerprint density at radius 3 is 2.53 bits per heavy atom. The summed E-state index contributed by atoms with van der Waals surface area (Å²) in [5.74, 6) is 1.69. The van der Waals surface area contributed by atoms with E-state index in [-0.39, 0.29) is 5.91 Å². The fourth-order valence-corrected chi connectivity index (χ4v) is 4.32. The summed E-state index contributed by atoms with van der Waals surface area (Å²) < 4.78 is 12.7. The van der Waals surface area contributed by atoms with Gasteiger partial charge in [0.25, 0.3) is 5.91 Å². The standard InChI is InChI=1S/C27H28N4O3/c1-33-23-10-5-9-22(17-23)26-25(20-31(28-26)18-21-7-3-2-4-8-21)27(32)30-14-12-29(13-15-30)19-24-11-6-16-34-24/h2-11,16-17,20H,12-15,18-19H2,1H3. The highest BCUT2D eigenvalue weighted by molar-refractivity contribution is 6.00. The molecule has 5 rings (SSSR count). The molecule has 0 atom stereocenters. The van der Waals surface area contributed by atoms with Gasteiger partial charge in [-0.15, -0.1) is 0 Å². The third-order valence-corrected chi connectivity index (χ3v) is 6.14. The molecule has 0 saturated carbocycles. The van der Waals surface area contributed by atoms with Crippen molar-refractivity contribution in [3.05, 3.63) is 96.1 Å². The maximum absolute atomic E-state index is 13.6. The number of ether oxygens (including phenoxy) is 1. The second-order valence-corrected chi connectivity index (χ2v) is 8.45. The molecule has 1 aliphatic rings. The summed E-state index contributed by atoms with van der Waals surface area (Å²) in [6, 6.07) is 21.7. The van der Waals surface area contributed by atoms with Crippen LogP contribution in [0.5, 0.6) is 5.75 Å². The zero-order chi connectivity index (χ0) is 23.3. The number of hydrogen-bond donors (Lipinski definition) is 0. The monoisotopic (exact) mass is 456 g/mol. The van der Waals surface area contributed by atoms with E-state index in [1.54, 1.807) is 13.4 Å². The molecule has 4 aromatic rings. The molecule has 7 nitrogen and oxygen atoms in total. The van der Waals surface area contributed by atoms with Gasteiger partial charge in [0.1, 0.15) is 17.2 Å². The first kappa shape index (κ1) is 22.0. The first-order valence-electron chi connectivity index (χ1n) is 11.5. The number of amides is 1. The molecule has 1 saturated heterocycles. The molecule has 0 spiro atoms. The molecule has 2 aromatic carbocycles. The highest BCUT2D eigenvalue weighted by atomic mass is 16.5. The molecular formula is C27H28N4O3. The second-order valence-electron chi connectivity index (χ2n) is 8.45. The number of carbonyl (C=O) groups is 1. The summed E-state index contributed by atoms with van der Waals surface area (Å²) in [7, 11) is 1.64. The molecule has 2 aromatic heterocycles. The number of furan rings is 1. The molecule has 3 heterocycles. The van der Waals surface area contributed by atoms with Gasteiger partial charge in [0.2, 0.25) is 0 Å². The predicted octanol–water partition coefficient (Wildman–Crippen LogP) is 4.16. The van der Waals surface area contributed by atoms with Gasteiger partial charge < -0.3 is 14.1 Å². The van der Waals surface area contributed by atoms with Crippen molar-refractivity contribution in [2.24, 2.45) is 0 Å². The van der Waals surface area contributed by atoms with Crippen LogP contribution in [0.4, 0.5) is 0 Å². The van der Waals surface area contributed by atoms with E-state index in [0.717, 1.165) is 42.3 Å². The van der Waals surface area contributed by atoms with Crippen molar-refractivity contribution >= 4 is 5.91 Å². The first-order valence-corrected chi connectivity index (χ1v) is 11.5. The summed E-state index contributed by atoms with van der Waals surface area (Å²) >= 11 is 0. The fourth-order valence-electron chi connectivity index (χ4n) is 4.32. The molecule has 0 N–H and O–H groups in total. The van der Waals surface area contributed by atoms with Crippen molar-refractivity contribution in [3.8, 4) is 17.0 Å². The number of carbonyl (C=O) groups excluding carboxylic acids is 1. The first-order chi connectivity index (χ1) is 16.7. The number of methoxy groups -OCH3 is 1. The average molecular weight is 457 g/mol. The number of piperazine rings is 1. The molecule has 1 fully saturated rings. The van der Waals surface area contributed by atoms with Gasteiger partial charge in [-0.05, 0) is 29.8 Å². The van der Waals surface area contributed by atoms with E-state index in [0.29, 0.717) is 30.9 Å². The van der Waals surface area contributed by atoms with Crippen molar-refractivity contribution in [3.63, 3.8) is 0 Å². The minimum Gasteiger partial charge on any atom is -0.497 e. The quantitative estimate of drug-likeness (QED) is 0.418. The minimum absolute atomic E-state index is 0.00906. The summed E-state index contributed by atoms with van der Waals surface area (Å²) in [5.41, 5.74) is 3.29. The Hall–Kier alpha value is -3.84. The topological polar surface area (TPSA) is 63.7 Å². The highest BCUT2D eigenvalue weighted by Crippen LogP contribution is 2.27. The van der Waals surface area contributed by atoms with E-state index < -0.39 is 0 Å². The van der Waals surface area contributed by atoms with Crippen LogP contribution in [-0.4, -0.2) is 58.8 Å². The van der Waals surface area contributed by atoms with Crippen molar-refractivity contribution in [1.82, 2.24) is 19.6 Å². The lowest BCUT2D eigenvalue weighted by Gasteiger charge is -2.34. The fraction of sp³-hybridized carbons (Fsp3) is 0.259.